The molecule has 0 spiro atoms. The normalized spacial score (nSPS) is 17.1. The first-order valence-electron chi connectivity index (χ1n) is 12.0. The predicted molar refractivity (Wildman–Crippen MR) is 140 cm³/mol. The third-order valence-corrected chi connectivity index (χ3v) is 36.9. The molecule has 0 saturated heterocycles. The van der Waals surface area contributed by atoms with E-state index in [-0.39, 0.29) is 24.8 Å². The van der Waals surface area contributed by atoms with E-state index in [1.807, 2.05) is 0 Å². The summed E-state index contributed by atoms with van der Waals surface area (Å²) >= 11 is 0.465. The van der Waals surface area contributed by atoms with Crippen LogP contribution in [0, 0.1) is 12.0 Å². The van der Waals surface area contributed by atoms with E-state index in [2.05, 4.69) is 101 Å². The minimum atomic E-state index is 0. The zero-order valence-corrected chi connectivity index (χ0v) is 26.7. The molecular weight excluding hydrogens is 567 g/mol. The van der Waals surface area contributed by atoms with E-state index < -0.39 is 0 Å². The molecule has 1 atom stereocenters. The zero-order chi connectivity index (χ0) is 22.5. The average molecular weight is 601 g/mol. The number of hydrogen-bond acceptors (Lipinski definition) is 0. The minimum absolute atomic E-state index is 0. The molecule has 0 aromatic heterocycles. The quantitative estimate of drug-likeness (QED) is 0.313. The maximum Gasteiger partial charge on any atom is -0.0279 e. The van der Waals surface area contributed by atoms with Crippen molar-refractivity contribution in [3.63, 3.8) is 0 Å². The second-order valence-corrected chi connectivity index (χ2v) is 30.5. The predicted octanol–water partition coefficient (Wildman–Crippen LogP) is 2.21. The minimum Gasteiger partial charge on any atom is -1.00 e. The van der Waals surface area contributed by atoms with Gasteiger partial charge in [0.2, 0.25) is 0 Å². The van der Waals surface area contributed by atoms with E-state index in [0.29, 0.717) is 37.3 Å². The van der Waals surface area contributed by atoms with Crippen molar-refractivity contribution >= 4 is 21.6 Å². The molecule has 3 aromatic rings. The van der Waals surface area contributed by atoms with Gasteiger partial charge < -0.3 is 24.8 Å². The van der Waals surface area contributed by atoms with Crippen LogP contribution in [0.3, 0.4) is 0 Å². The number of halogens is 2. The Kier molecular flexibility index (Phi) is 12.4. The Bertz CT molecular complexity index is 1190. The number of fused-ring (bicyclic) bond motifs is 1. The van der Waals surface area contributed by atoms with E-state index in [9.17, 15) is 0 Å². The Morgan fingerprint density at radius 3 is 2.03 bits per heavy atom. The van der Waals surface area contributed by atoms with Crippen LogP contribution in [-0.4, -0.2) is 10.9 Å². The molecule has 3 aliphatic rings. The van der Waals surface area contributed by atoms with Crippen molar-refractivity contribution in [2.75, 3.05) is 0 Å². The molecule has 0 nitrogen and oxygen atoms in total. The molecule has 180 valence electrons. The molecule has 0 N–H and O–H groups in total. The summed E-state index contributed by atoms with van der Waals surface area (Å²) in [7, 11) is 0. The first kappa shape index (κ1) is 29.7. The zero-order valence-electron chi connectivity index (χ0n) is 20.7. The molecule has 5 heteroatoms. The maximum absolute atomic E-state index is 3.29. The first-order valence-corrected chi connectivity index (χ1v) is 23.2. The van der Waals surface area contributed by atoms with Gasteiger partial charge >= 0.3 is 55.5 Å². The van der Waals surface area contributed by atoms with Crippen LogP contribution < -0.4 is 24.8 Å². The summed E-state index contributed by atoms with van der Waals surface area (Å²) in [5.41, 5.74) is 7.83. The van der Waals surface area contributed by atoms with Crippen LogP contribution in [0.5, 0.6) is 0 Å². The standard InChI is InChI=1S/C17H15.C8H11.C4H8Si2.2ClH.Zr/c1-2-13-11-15-9-6-10-16(17(15)12-13)14-7-4-3-5-8-14;1-6-4-7(2)8(3)5-6;1-2-6-4-3-5-1;;;/h3-12H,2H2,1H3;4,6H,1-3H3;1-4H2;2*1H;/q2*-1;;;;/p-2. The Morgan fingerprint density at radius 1 is 0.941 bits per heavy atom. The summed E-state index contributed by atoms with van der Waals surface area (Å²) in [6.07, 6.45) is 6.62. The van der Waals surface area contributed by atoms with E-state index in [0.717, 1.165) is 6.42 Å². The fourth-order valence-electron chi connectivity index (χ4n) is 4.72. The van der Waals surface area contributed by atoms with Crippen molar-refractivity contribution in [2.24, 2.45) is 5.92 Å². The van der Waals surface area contributed by atoms with Crippen molar-refractivity contribution in [3.05, 3.63) is 89.5 Å². The van der Waals surface area contributed by atoms with Gasteiger partial charge in [0.15, 0.2) is 0 Å². The van der Waals surface area contributed by atoms with E-state index in [1.54, 1.807) is 24.2 Å². The smallest absolute Gasteiger partial charge is 0.0279 e. The van der Waals surface area contributed by atoms with Gasteiger partial charge in [-0.1, -0.05) is 68.7 Å². The first-order chi connectivity index (χ1) is 15.5. The molecule has 0 saturated carbocycles. The molecule has 34 heavy (non-hydrogen) atoms. The van der Waals surface area contributed by atoms with Crippen LogP contribution >= 0.6 is 0 Å². The van der Waals surface area contributed by atoms with Crippen LogP contribution in [0.25, 0.3) is 21.9 Å². The van der Waals surface area contributed by atoms with Gasteiger partial charge in [-0.2, -0.15) is 12.1 Å². The van der Waals surface area contributed by atoms with Gasteiger partial charge in [-0.15, -0.1) is 41.5 Å². The molecule has 0 radical (unpaired) electrons. The van der Waals surface area contributed by atoms with Crippen molar-refractivity contribution < 1.29 is 45.3 Å². The van der Waals surface area contributed by atoms with Crippen molar-refractivity contribution in [1.82, 2.24) is 0 Å². The van der Waals surface area contributed by atoms with Crippen molar-refractivity contribution in [1.29, 1.82) is 0 Å². The topological polar surface area (TPSA) is 0 Å². The van der Waals surface area contributed by atoms with Gasteiger partial charge in [-0.25, -0.2) is 11.1 Å². The second-order valence-electron chi connectivity index (χ2n) is 9.13. The average Bonchev–Trinajstić information content (AvgIpc) is 3.60. The number of allylic oxidation sites excluding steroid dienone is 4. The fourth-order valence-corrected chi connectivity index (χ4v) is 47.2. The van der Waals surface area contributed by atoms with Gasteiger partial charge in [0, 0.05) is 0 Å². The molecule has 3 aromatic carbocycles. The van der Waals surface area contributed by atoms with Gasteiger partial charge in [-0.3, -0.25) is 6.08 Å². The molecular formula is C29H34Cl2Si2Zr-4. The SMILES string of the molecule is C1C[Si]2=[Zr]=[Si]1CC2.CC1=[C-]C(C)C=C1C.CCc1cc2c(-c3ccccc3)cccc2[cH-]1.[Cl-].[Cl-]. The van der Waals surface area contributed by atoms with Crippen LogP contribution in [0.2, 0.25) is 24.2 Å². The Labute approximate surface area is 230 Å². The summed E-state index contributed by atoms with van der Waals surface area (Å²) in [5.74, 6) is 0.551. The van der Waals surface area contributed by atoms with Crippen LogP contribution in [0.4, 0.5) is 0 Å². The number of rotatable bonds is 2. The maximum atomic E-state index is 3.29. The largest absolute Gasteiger partial charge is 1.00 e. The molecule has 1 aliphatic carbocycles. The molecule has 1 unspecified atom stereocenters. The number of benzene rings is 2. The fraction of sp³-hybridized carbons (Fsp3) is 0.345. The number of hydrogen-bond donors (Lipinski definition) is 0. The summed E-state index contributed by atoms with van der Waals surface area (Å²) in [5, 5.41) is 2.72. The summed E-state index contributed by atoms with van der Waals surface area (Å²) in [6, 6.07) is 28.9. The van der Waals surface area contributed by atoms with Crippen molar-refractivity contribution in [2.45, 2.75) is 58.3 Å². The molecule has 0 amide bonds. The molecule has 2 heterocycles. The van der Waals surface area contributed by atoms with Crippen LogP contribution in [-0.2, 0) is 26.9 Å². The summed E-state index contributed by atoms with van der Waals surface area (Å²) in [6.45, 7) is 8.59. The third-order valence-electron chi connectivity index (χ3n) is 6.65. The van der Waals surface area contributed by atoms with Gasteiger partial charge in [0.25, 0.3) is 0 Å². The van der Waals surface area contributed by atoms with Crippen molar-refractivity contribution in [3.8, 4) is 11.1 Å². The van der Waals surface area contributed by atoms with Gasteiger partial charge in [0.1, 0.15) is 0 Å². The van der Waals surface area contributed by atoms with E-state index in [4.69, 9.17) is 0 Å². The monoisotopic (exact) mass is 598 g/mol. The Balaban J connectivity index is 0.000000201. The second kappa shape index (κ2) is 14.2. The van der Waals surface area contributed by atoms with Gasteiger partial charge in [0.05, 0.1) is 0 Å². The van der Waals surface area contributed by atoms with E-state index in [1.165, 1.54) is 38.6 Å². The van der Waals surface area contributed by atoms with Gasteiger partial charge in [-0.05, 0) is 12.0 Å². The van der Waals surface area contributed by atoms with E-state index >= 15 is 0 Å². The van der Waals surface area contributed by atoms with Crippen LogP contribution in [0.15, 0.2) is 77.9 Å². The summed E-state index contributed by atoms with van der Waals surface area (Å²) in [4.78, 5) is 0. The Morgan fingerprint density at radius 2 is 1.59 bits per heavy atom. The summed E-state index contributed by atoms with van der Waals surface area (Å²) < 4.78 is 0. The molecule has 6 rings (SSSR count). The van der Waals surface area contributed by atoms with Crippen LogP contribution in [0.1, 0.15) is 33.3 Å². The number of aryl methyl sites for hydroxylation is 1. The molecule has 0 fully saturated rings. The third kappa shape index (κ3) is 7.71. The molecule has 2 bridgehead atoms. The molecule has 2 aliphatic heterocycles. The Hall–Kier alpha value is -0.573.